The molecule has 0 amide bonds. The standard InChI is InChI=1S/C17H29N3O3/c21-16(13-22-14-17-3-1-10-23-17)12-19-8-4-15(5-9-19)11-20-7-2-6-18-20/h2,6-7,15-17,21H,1,3-5,8-14H2/t16-,17+/m0/s1. The molecule has 2 aliphatic rings. The summed E-state index contributed by atoms with van der Waals surface area (Å²) in [4.78, 5) is 2.35. The van der Waals surface area contributed by atoms with Crippen molar-refractivity contribution in [3.63, 3.8) is 0 Å². The molecule has 1 aromatic heterocycles. The molecule has 3 heterocycles. The Balaban J connectivity index is 1.27. The van der Waals surface area contributed by atoms with Crippen molar-refractivity contribution >= 4 is 0 Å². The van der Waals surface area contributed by atoms with E-state index in [1.165, 1.54) is 12.8 Å². The maximum absolute atomic E-state index is 10.1. The molecule has 0 bridgehead atoms. The van der Waals surface area contributed by atoms with Crippen LogP contribution in [0.5, 0.6) is 0 Å². The predicted molar refractivity (Wildman–Crippen MR) is 87.2 cm³/mol. The molecule has 2 saturated heterocycles. The molecule has 0 saturated carbocycles. The van der Waals surface area contributed by atoms with E-state index >= 15 is 0 Å². The molecule has 23 heavy (non-hydrogen) atoms. The summed E-state index contributed by atoms with van der Waals surface area (Å²) in [6.45, 7) is 5.69. The third kappa shape index (κ3) is 5.57. The quantitative estimate of drug-likeness (QED) is 0.778. The minimum Gasteiger partial charge on any atom is -0.389 e. The lowest BCUT2D eigenvalue weighted by atomic mass is 9.96. The van der Waals surface area contributed by atoms with Crippen LogP contribution < -0.4 is 0 Å². The maximum Gasteiger partial charge on any atom is 0.0900 e. The zero-order valence-electron chi connectivity index (χ0n) is 13.8. The highest BCUT2D eigenvalue weighted by atomic mass is 16.5. The van der Waals surface area contributed by atoms with Gasteiger partial charge in [-0.3, -0.25) is 4.68 Å². The second-order valence-corrected chi connectivity index (χ2v) is 6.80. The molecule has 0 aromatic carbocycles. The van der Waals surface area contributed by atoms with Gasteiger partial charge in [-0.2, -0.15) is 5.10 Å². The molecular weight excluding hydrogens is 294 g/mol. The van der Waals surface area contributed by atoms with Gasteiger partial charge in [0.1, 0.15) is 0 Å². The molecule has 2 aliphatic heterocycles. The van der Waals surface area contributed by atoms with E-state index in [2.05, 4.69) is 10.00 Å². The van der Waals surface area contributed by atoms with Crippen LogP contribution in [0.2, 0.25) is 0 Å². The second-order valence-electron chi connectivity index (χ2n) is 6.80. The van der Waals surface area contributed by atoms with E-state index in [1.54, 1.807) is 0 Å². The van der Waals surface area contributed by atoms with Gasteiger partial charge in [-0.15, -0.1) is 0 Å². The van der Waals surface area contributed by atoms with Gasteiger partial charge in [0, 0.05) is 32.1 Å². The molecule has 0 aliphatic carbocycles. The van der Waals surface area contributed by atoms with E-state index in [0.717, 1.165) is 39.1 Å². The average molecular weight is 323 g/mol. The fourth-order valence-corrected chi connectivity index (χ4v) is 3.49. The second kappa shape index (κ2) is 8.78. The Kier molecular flexibility index (Phi) is 6.45. The minimum absolute atomic E-state index is 0.236. The van der Waals surface area contributed by atoms with Gasteiger partial charge in [0.05, 0.1) is 25.4 Å². The monoisotopic (exact) mass is 323 g/mol. The normalized spacial score (nSPS) is 25.0. The number of rotatable bonds is 8. The Hall–Kier alpha value is -0.950. The van der Waals surface area contributed by atoms with Crippen molar-refractivity contribution in [3.8, 4) is 0 Å². The minimum atomic E-state index is -0.404. The topological polar surface area (TPSA) is 59.8 Å². The van der Waals surface area contributed by atoms with Crippen LogP contribution in [0, 0.1) is 5.92 Å². The van der Waals surface area contributed by atoms with E-state index in [-0.39, 0.29) is 6.10 Å². The van der Waals surface area contributed by atoms with Gasteiger partial charge in [0.2, 0.25) is 0 Å². The lowest BCUT2D eigenvalue weighted by molar-refractivity contribution is -0.0276. The smallest absolute Gasteiger partial charge is 0.0900 e. The first-order valence-electron chi connectivity index (χ1n) is 8.87. The van der Waals surface area contributed by atoms with Crippen LogP contribution >= 0.6 is 0 Å². The summed E-state index contributed by atoms with van der Waals surface area (Å²) >= 11 is 0. The highest BCUT2D eigenvalue weighted by molar-refractivity contribution is 4.80. The van der Waals surface area contributed by atoms with Crippen molar-refractivity contribution in [2.24, 2.45) is 5.92 Å². The Bertz CT molecular complexity index is 426. The SMILES string of the molecule is O[C@H](COC[C@H]1CCCO1)CN1CCC(Cn2cccn2)CC1. The van der Waals surface area contributed by atoms with Gasteiger partial charge in [-0.05, 0) is 50.8 Å². The number of aromatic nitrogens is 2. The number of piperidine rings is 1. The van der Waals surface area contributed by atoms with Crippen molar-refractivity contribution in [1.29, 1.82) is 0 Å². The summed E-state index contributed by atoms with van der Waals surface area (Å²) in [6, 6.07) is 1.97. The van der Waals surface area contributed by atoms with Crippen molar-refractivity contribution in [2.75, 3.05) is 39.5 Å². The number of ether oxygens (including phenoxy) is 2. The summed E-state index contributed by atoms with van der Waals surface area (Å²) < 4.78 is 13.1. The van der Waals surface area contributed by atoms with E-state index in [9.17, 15) is 5.11 Å². The summed E-state index contributed by atoms with van der Waals surface area (Å²) in [7, 11) is 0. The van der Waals surface area contributed by atoms with E-state index in [1.807, 2.05) is 23.1 Å². The Morgan fingerprint density at radius 3 is 2.87 bits per heavy atom. The van der Waals surface area contributed by atoms with Gasteiger partial charge in [-0.1, -0.05) is 0 Å². The summed E-state index contributed by atoms with van der Waals surface area (Å²) in [5.41, 5.74) is 0. The van der Waals surface area contributed by atoms with Gasteiger partial charge >= 0.3 is 0 Å². The van der Waals surface area contributed by atoms with E-state index in [4.69, 9.17) is 9.47 Å². The largest absolute Gasteiger partial charge is 0.389 e. The molecule has 3 rings (SSSR count). The van der Waals surface area contributed by atoms with Crippen LogP contribution in [0.25, 0.3) is 0 Å². The first-order valence-corrected chi connectivity index (χ1v) is 8.87. The van der Waals surface area contributed by atoms with Crippen LogP contribution in [0.3, 0.4) is 0 Å². The fraction of sp³-hybridized carbons (Fsp3) is 0.824. The number of aliphatic hydroxyl groups is 1. The van der Waals surface area contributed by atoms with Gasteiger partial charge < -0.3 is 19.5 Å². The molecule has 1 N–H and O–H groups in total. The first-order chi connectivity index (χ1) is 11.3. The van der Waals surface area contributed by atoms with E-state index in [0.29, 0.717) is 25.7 Å². The first kappa shape index (κ1) is 16.9. The third-order valence-corrected chi connectivity index (χ3v) is 4.82. The molecule has 0 radical (unpaired) electrons. The van der Waals surface area contributed by atoms with Gasteiger partial charge in [0.25, 0.3) is 0 Å². The molecule has 2 atom stereocenters. The summed E-state index contributed by atoms with van der Waals surface area (Å²) in [5.74, 6) is 0.694. The van der Waals surface area contributed by atoms with Crippen LogP contribution in [0.1, 0.15) is 25.7 Å². The summed E-state index contributed by atoms with van der Waals surface area (Å²) in [5, 5.41) is 14.4. The van der Waals surface area contributed by atoms with Crippen molar-refractivity contribution in [2.45, 2.75) is 44.4 Å². The molecule has 6 nitrogen and oxygen atoms in total. The fourth-order valence-electron chi connectivity index (χ4n) is 3.49. The van der Waals surface area contributed by atoms with Crippen LogP contribution in [-0.2, 0) is 16.0 Å². The van der Waals surface area contributed by atoms with Crippen molar-refractivity contribution < 1.29 is 14.6 Å². The highest BCUT2D eigenvalue weighted by Crippen LogP contribution is 2.19. The molecule has 6 heteroatoms. The van der Waals surface area contributed by atoms with Crippen LogP contribution in [0.4, 0.5) is 0 Å². The molecule has 0 spiro atoms. The molecule has 1 aromatic rings. The molecular formula is C17H29N3O3. The average Bonchev–Trinajstić information content (AvgIpc) is 3.23. The van der Waals surface area contributed by atoms with Gasteiger partial charge in [0.15, 0.2) is 0 Å². The lowest BCUT2D eigenvalue weighted by Crippen LogP contribution is -2.41. The molecule has 130 valence electrons. The molecule has 2 fully saturated rings. The molecule has 0 unspecified atom stereocenters. The Morgan fingerprint density at radius 2 is 2.17 bits per heavy atom. The van der Waals surface area contributed by atoms with Crippen LogP contribution in [-0.4, -0.2) is 71.4 Å². The number of β-amino-alcohol motifs (C(OH)–C–C–N with tert-alkyl or cyclic N) is 1. The van der Waals surface area contributed by atoms with E-state index < -0.39 is 6.10 Å². The number of hydrogen-bond acceptors (Lipinski definition) is 5. The number of nitrogens with zero attached hydrogens (tertiary/aromatic N) is 3. The summed E-state index contributed by atoms with van der Waals surface area (Å²) in [6.07, 6.45) is 8.25. The predicted octanol–water partition coefficient (Wildman–Crippen LogP) is 1.15. The zero-order valence-corrected chi connectivity index (χ0v) is 13.8. The number of hydrogen-bond donors (Lipinski definition) is 1. The highest BCUT2D eigenvalue weighted by Gasteiger charge is 2.22. The van der Waals surface area contributed by atoms with Gasteiger partial charge in [-0.25, -0.2) is 0 Å². The van der Waals surface area contributed by atoms with Crippen LogP contribution in [0.15, 0.2) is 18.5 Å². The van der Waals surface area contributed by atoms with Crippen molar-refractivity contribution in [3.05, 3.63) is 18.5 Å². The zero-order chi connectivity index (χ0) is 15.9. The third-order valence-electron chi connectivity index (χ3n) is 4.82. The Labute approximate surface area is 138 Å². The lowest BCUT2D eigenvalue weighted by Gasteiger charge is -2.33. The van der Waals surface area contributed by atoms with Crippen molar-refractivity contribution in [1.82, 2.24) is 14.7 Å². The number of aliphatic hydroxyl groups excluding tert-OH is 1. The maximum atomic E-state index is 10.1. The Morgan fingerprint density at radius 1 is 1.30 bits per heavy atom. The number of likely N-dealkylation sites (tertiary alicyclic amines) is 1.